The standard InChI is InChI=1S/C48H91O11P/c1-4-7-10-13-16-19-22-25-28-31-34-37-46(50)55-41-45(59-48(52)39-36-33-30-27-24-21-18-15-12-9-6-3)43-57-60(53,54)56-42-44(40-49)58-47(51)38-35-32-29-26-23-20-17-14-11-8-5-2/h15,18,44-45,49H,4-14,16-17,19-43H2,1-3H3,(H,53,54)/b18-15-. The zero-order valence-corrected chi connectivity index (χ0v) is 39.6. The summed E-state index contributed by atoms with van der Waals surface area (Å²) >= 11 is 0. The van der Waals surface area contributed by atoms with Gasteiger partial charge in [0.25, 0.3) is 0 Å². The molecule has 60 heavy (non-hydrogen) atoms. The lowest BCUT2D eigenvalue weighted by Crippen LogP contribution is -2.30. The minimum absolute atomic E-state index is 0.163. The quantitative estimate of drug-likeness (QED) is 0.0197. The number of allylic oxidation sites excluding steroid dienone is 2. The second-order valence-corrected chi connectivity index (χ2v) is 18.1. The van der Waals surface area contributed by atoms with Crippen molar-refractivity contribution in [2.75, 3.05) is 26.4 Å². The first-order chi connectivity index (χ1) is 29.2. The van der Waals surface area contributed by atoms with Crippen LogP contribution in [0.1, 0.15) is 239 Å². The number of rotatable bonds is 46. The molecule has 0 aliphatic carbocycles. The molecule has 0 fully saturated rings. The number of aliphatic hydroxyl groups is 1. The maximum Gasteiger partial charge on any atom is 0.472 e. The number of carbonyl (C=O) groups excluding carboxylic acids is 3. The Kier molecular flexibility index (Phi) is 42.6. The van der Waals surface area contributed by atoms with E-state index in [4.69, 9.17) is 23.3 Å². The summed E-state index contributed by atoms with van der Waals surface area (Å²) < 4.78 is 39.2. The Morgan fingerprint density at radius 1 is 0.450 bits per heavy atom. The number of hydrogen-bond donors (Lipinski definition) is 2. The Morgan fingerprint density at radius 2 is 0.783 bits per heavy atom. The lowest BCUT2D eigenvalue weighted by Gasteiger charge is -2.21. The predicted octanol–water partition coefficient (Wildman–Crippen LogP) is 13.4. The van der Waals surface area contributed by atoms with E-state index < -0.39 is 57.8 Å². The molecule has 0 aromatic rings. The largest absolute Gasteiger partial charge is 0.472 e. The van der Waals surface area contributed by atoms with Crippen LogP contribution in [-0.4, -0.2) is 66.5 Å². The van der Waals surface area contributed by atoms with Crippen molar-refractivity contribution in [3.8, 4) is 0 Å². The summed E-state index contributed by atoms with van der Waals surface area (Å²) in [5, 5.41) is 9.73. The third-order valence-corrected chi connectivity index (χ3v) is 11.6. The number of esters is 3. The normalized spacial score (nSPS) is 13.6. The van der Waals surface area contributed by atoms with Gasteiger partial charge in [0.2, 0.25) is 0 Å². The number of phosphoric ester groups is 1. The Bertz CT molecular complexity index is 1070. The summed E-state index contributed by atoms with van der Waals surface area (Å²) in [6.07, 6.45) is 37.6. The predicted molar refractivity (Wildman–Crippen MR) is 243 cm³/mol. The first-order valence-electron chi connectivity index (χ1n) is 24.6. The molecule has 2 N–H and O–H groups in total. The average molecular weight is 875 g/mol. The maximum atomic E-state index is 12.8. The van der Waals surface area contributed by atoms with Gasteiger partial charge in [0.15, 0.2) is 6.10 Å². The van der Waals surface area contributed by atoms with Gasteiger partial charge in [-0.3, -0.25) is 23.4 Å². The highest BCUT2D eigenvalue weighted by Gasteiger charge is 2.28. The van der Waals surface area contributed by atoms with E-state index in [-0.39, 0.29) is 25.9 Å². The molecule has 12 heteroatoms. The van der Waals surface area contributed by atoms with Crippen molar-refractivity contribution in [1.29, 1.82) is 0 Å². The molecule has 0 radical (unpaired) electrons. The summed E-state index contributed by atoms with van der Waals surface area (Å²) in [7, 11) is -4.72. The van der Waals surface area contributed by atoms with Gasteiger partial charge in [-0.1, -0.05) is 193 Å². The molecule has 3 atom stereocenters. The zero-order valence-electron chi connectivity index (χ0n) is 38.7. The van der Waals surface area contributed by atoms with Crippen LogP contribution in [0.2, 0.25) is 0 Å². The SMILES string of the molecule is CCCC/C=C\CCCCCCCC(=O)OC(COC(=O)CCCCCCCCCCCCC)COP(=O)(O)OCC(CO)OC(=O)CCCCCCCCCCCCC. The number of ether oxygens (including phenoxy) is 3. The van der Waals surface area contributed by atoms with Crippen molar-refractivity contribution in [2.45, 2.75) is 251 Å². The van der Waals surface area contributed by atoms with Crippen LogP contribution in [0.3, 0.4) is 0 Å². The van der Waals surface area contributed by atoms with Gasteiger partial charge in [-0.05, 0) is 38.5 Å². The van der Waals surface area contributed by atoms with Gasteiger partial charge in [0, 0.05) is 19.3 Å². The first kappa shape index (κ1) is 58.2. The Labute approximate surface area is 366 Å². The molecule has 0 heterocycles. The fourth-order valence-corrected chi connectivity index (χ4v) is 7.65. The molecular weight excluding hydrogens is 783 g/mol. The summed E-state index contributed by atoms with van der Waals surface area (Å²) in [6.45, 7) is 4.58. The lowest BCUT2D eigenvalue weighted by molar-refractivity contribution is -0.161. The topological polar surface area (TPSA) is 155 Å². The monoisotopic (exact) mass is 875 g/mol. The van der Waals surface area contributed by atoms with Crippen molar-refractivity contribution >= 4 is 25.7 Å². The molecular formula is C48H91O11P. The molecule has 11 nitrogen and oxygen atoms in total. The van der Waals surface area contributed by atoms with Gasteiger partial charge >= 0.3 is 25.7 Å². The van der Waals surface area contributed by atoms with E-state index in [0.717, 1.165) is 77.0 Å². The van der Waals surface area contributed by atoms with E-state index in [2.05, 4.69) is 32.9 Å². The van der Waals surface area contributed by atoms with Crippen molar-refractivity contribution < 1.29 is 52.2 Å². The van der Waals surface area contributed by atoms with Gasteiger partial charge in [0.1, 0.15) is 12.7 Å². The molecule has 3 unspecified atom stereocenters. The first-order valence-corrected chi connectivity index (χ1v) is 26.1. The van der Waals surface area contributed by atoms with E-state index in [1.807, 2.05) is 0 Å². The summed E-state index contributed by atoms with van der Waals surface area (Å²) in [6, 6.07) is 0. The molecule has 0 aliphatic heterocycles. The van der Waals surface area contributed by atoms with Crippen LogP contribution in [0.15, 0.2) is 12.2 Å². The molecule has 0 aromatic heterocycles. The molecule has 0 spiro atoms. The van der Waals surface area contributed by atoms with Crippen molar-refractivity contribution in [3.05, 3.63) is 12.2 Å². The van der Waals surface area contributed by atoms with Crippen LogP contribution in [0, 0.1) is 0 Å². The average Bonchev–Trinajstić information content (AvgIpc) is 3.23. The molecule has 0 saturated carbocycles. The number of unbranched alkanes of at least 4 members (excludes halogenated alkanes) is 27. The highest BCUT2D eigenvalue weighted by Crippen LogP contribution is 2.43. The van der Waals surface area contributed by atoms with Gasteiger partial charge < -0.3 is 24.2 Å². The number of phosphoric acid groups is 1. The number of carbonyl (C=O) groups is 3. The lowest BCUT2D eigenvalue weighted by atomic mass is 10.1. The van der Waals surface area contributed by atoms with Crippen LogP contribution in [0.25, 0.3) is 0 Å². The van der Waals surface area contributed by atoms with Gasteiger partial charge in [-0.15, -0.1) is 0 Å². The van der Waals surface area contributed by atoms with Crippen LogP contribution in [0.5, 0.6) is 0 Å². The Morgan fingerprint density at radius 3 is 1.20 bits per heavy atom. The Hall–Kier alpha value is -1.78. The van der Waals surface area contributed by atoms with E-state index in [1.54, 1.807) is 0 Å². The molecule has 354 valence electrons. The second-order valence-electron chi connectivity index (χ2n) is 16.6. The van der Waals surface area contributed by atoms with E-state index >= 15 is 0 Å². The minimum Gasteiger partial charge on any atom is -0.462 e. The zero-order chi connectivity index (χ0) is 44.2. The van der Waals surface area contributed by atoms with Crippen molar-refractivity contribution in [3.63, 3.8) is 0 Å². The molecule has 0 bridgehead atoms. The summed E-state index contributed by atoms with van der Waals surface area (Å²) in [5.74, 6) is -1.46. The van der Waals surface area contributed by atoms with Crippen LogP contribution in [-0.2, 0) is 42.2 Å². The third-order valence-electron chi connectivity index (χ3n) is 10.7. The molecule has 0 amide bonds. The van der Waals surface area contributed by atoms with E-state index in [9.17, 15) is 28.9 Å². The van der Waals surface area contributed by atoms with Gasteiger partial charge in [0.05, 0.1) is 19.8 Å². The van der Waals surface area contributed by atoms with Crippen LogP contribution >= 0.6 is 7.82 Å². The van der Waals surface area contributed by atoms with Gasteiger partial charge in [-0.25, -0.2) is 4.57 Å². The fourth-order valence-electron chi connectivity index (χ4n) is 6.87. The highest BCUT2D eigenvalue weighted by atomic mass is 31.2. The number of hydrogen-bond acceptors (Lipinski definition) is 10. The van der Waals surface area contributed by atoms with Crippen LogP contribution < -0.4 is 0 Å². The summed E-state index contributed by atoms with van der Waals surface area (Å²) in [5.41, 5.74) is 0. The van der Waals surface area contributed by atoms with E-state index in [1.165, 1.54) is 103 Å². The van der Waals surface area contributed by atoms with E-state index in [0.29, 0.717) is 19.3 Å². The van der Waals surface area contributed by atoms with Crippen molar-refractivity contribution in [2.24, 2.45) is 0 Å². The number of aliphatic hydroxyl groups excluding tert-OH is 1. The van der Waals surface area contributed by atoms with Crippen LogP contribution in [0.4, 0.5) is 0 Å². The second kappa shape index (κ2) is 43.9. The summed E-state index contributed by atoms with van der Waals surface area (Å²) in [4.78, 5) is 48.1. The van der Waals surface area contributed by atoms with Gasteiger partial charge in [-0.2, -0.15) is 0 Å². The minimum atomic E-state index is -4.72. The highest BCUT2D eigenvalue weighted by molar-refractivity contribution is 7.47. The molecule has 0 rings (SSSR count). The Balaban J connectivity index is 4.72. The third kappa shape index (κ3) is 41.6. The fraction of sp³-hybridized carbons (Fsp3) is 0.896. The molecule has 0 aliphatic rings. The smallest absolute Gasteiger partial charge is 0.462 e. The maximum absolute atomic E-state index is 12.8. The molecule has 0 saturated heterocycles. The molecule has 0 aromatic carbocycles. The van der Waals surface area contributed by atoms with Crippen molar-refractivity contribution in [1.82, 2.24) is 0 Å².